The summed E-state index contributed by atoms with van der Waals surface area (Å²) in [5.74, 6) is 0.847. The first-order chi connectivity index (χ1) is 13.5. The summed E-state index contributed by atoms with van der Waals surface area (Å²) in [5.41, 5.74) is 4.56. The molecule has 0 atom stereocenters. The molecule has 0 spiro atoms. The maximum Gasteiger partial charge on any atom is 0.148 e. The van der Waals surface area contributed by atoms with Crippen molar-refractivity contribution in [3.05, 3.63) is 64.7 Å². The molecule has 0 bridgehead atoms. The van der Waals surface area contributed by atoms with E-state index in [0.717, 1.165) is 30.6 Å². The molecular weight excluding hydrogens is 364 g/mol. The van der Waals surface area contributed by atoms with E-state index in [1.165, 1.54) is 21.6 Å². The molecule has 2 aromatic rings. The quantitative estimate of drug-likeness (QED) is 0.431. The second-order valence-electron chi connectivity index (χ2n) is 7.79. The first kappa shape index (κ1) is 20.9. The zero-order valence-electron chi connectivity index (χ0n) is 17.2. The molecule has 2 nitrogen and oxygen atoms in total. The Hall–Kier alpha value is -1.87. The maximum absolute atomic E-state index is 13.0. The number of hydrogen-bond acceptors (Lipinski definition) is 3. The average Bonchev–Trinajstić information content (AvgIpc) is 2.68. The van der Waals surface area contributed by atoms with Crippen LogP contribution in [0.1, 0.15) is 61.3 Å². The van der Waals surface area contributed by atoms with Gasteiger partial charge in [0.15, 0.2) is 0 Å². The predicted octanol–water partition coefficient (Wildman–Crippen LogP) is 5.93. The van der Waals surface area contributed by atoms with E-state index in [1.807, 2.05) is 18.2 Å². The number of aryl methyl sites for hydroxylation is 3. The van der Waals surface area contributed by atoms with Crippen molar-refractivity contribution >= 4 is 23.3 Å². The summed E-state index contributed by atoms with van der Waals surface area (Å²) in [6.07, 6.45) is 3.70. The van der Waals surface area contributed by atoms with Gasteiger partial charge in [-0.2, -0.15) is 0 Å². The zero-order valence-corrected chi connectivity index (χ0v) is 18.0. The zero-order chi connectivity index (χ0) is 20.1. The molecule has 0 radical (unpaired) electrons. The van der Waals surface area contributed by atoms with E-state index < -0.39 is 5.92 Å². The number of carbonyl (C=O) groups excluding carboxylic acids is 2. The van der Waals surface area contributed by atoms with Crippen LogP contribution in [0.15, 0.2) is 47.4 Å². The minimum atomic E-state index is -0.538. The van der Waals surface area contributed by atoms with Crippen molar-refractivity contribution in [1.82, 2.24) is 0 Å². The summed E-state index contributed by atoms with van der Waals surface area (Å²) in [4.78, 5) is 27.3. The molecule has 0 saturated heterocycles. The molecule has 0 amide bonds. The molecule has 0 aromatic heterocycles. The van der Waals surface area contributed by atoms with E-state index in [-0.39, 0.29) is 17.5 Å². The van der Waals surface area contributed by atoms with Gasteiger partial charge in [-0.1, -0.05) is 49.7 Å². The van der Waals surface area contributed by atoms with Crippen LogP contribution in [-0.4, -0.2) is 17.3 Å². The summed E-state index contributed by atoms with van der Waals surface area (Å²) in [6.45, 7) is 6.31. The summed E-state index contributed by atoms with van der Waals surface area (Å²) in [7, 11) is 0. The molecule has 1 aliphatic carbocycles. The van der Waals surface area contributed by atoms with Crippen molar-refractivity contribution in [3.63, 3.8) is 0 Å². The van der Waals surface area contributed by atoms with Gasteiger partial charge in [0, 0.05) is 17.7 Å². The van der Waals surface area contributed by atoms with Crippen LogP contribution in [0.3, 0.4) is 0 Å². The van der Waals surface area contributed by atoms with E-state index in [4.69, 9.17) is 0 Å². The van der Waals surface area contributed by atoms with Crippen LogP contribution in [0.25, 0.3) is 0 Å². The fourth-order valence-corrected chi connectivity index (χ4v) is 5.39. The molecule has 0 heterocycles. The van der Waals surface area contributed by atoms with Gasteiger partial charge in [0.25, 0.3) is 0 Å². The Morgan fingerprint density at radius 3 is 2.04 bits per heavy atom. The Labute approximate surface area is 173 Å². The minimum absolute atomic E-state index is 0.124. The normalized spacial score (nSPS) is 19.8. The SMILES string of the molecule is CCc1cc(C)cc(CC)c1C1C(=O)CC(CCSc2ccccc2)CC1=O. The topological polar surface area (TPSA) is 34.1 Å². The molecule has 0 aliphatic heterocycles. The average molecular weight is 395 g/mol. The van der Waals surface area contributed by atoms with Crippen LogP contribution in [0.4, 0.5) is 0 Å². The molecule has 28 heavy (non-hydrogen) atoms. The van der Waals surface area contributed by atoms with Gasteiger partial charge in [0.05, 0.1) is 0 Å². The van der Waals surface area contributed by atoms with Crippen molar-refractivity contribution < 1.29 is 9.59 Å². The fourth-order valence-electron chi connectivity index (χ4n) is 4.35. The van der Waals surface area contributed by atoms with Gasteiger partial charge < -0.3 is 0 Å². The van der Waals surface area contributed by atoms with Gasteiger partial charge in [-0.15, -0.1) is 11.8 Å². The maximum atomic E-state index is 13.0. The van der Waals surface area contributed by atoms with E-state index in [0.29, 0.717) is 12.8 Å². The molecule has 1 aliphatic rings. The number of hydrogen-bond donors (Lipinski definition) is 0. The number of rotatable bonds is 7. The molecule has 1 fully saturated rings. The first-order valence-corrected chi connectivity index (χ1v) is 11.4. The third kappa shape index (κ3) is 4.75. The highest BCUT2D eigenvalue weighted by Crippen LogP contribution is 2.37. The molecular formula is C25H30O2S. The second-order valence-corrected chi connectivity index (χ2v) is 8.96. The highest BCUT2D eigenvalue weighted by molar-refractivity contribution is 7.99. The standard InChI is InChI=1S/C25H30O2S/c1-4-19-13-17(3)14-20(5-2)24(19)25-22(26)15-18(16-23(25)27)11-12-28-21-9-7-6-8-10-21/h6-10,13-14,18,25H,4-5,11-12,15-16H2,1-3H3. The number of thioether (sulfide) groups is 1. The Morgan fingerprint density at radius 1 is 0.929 bits per heavy atom. The molecule has 148 valence electrons. The van der Waals surface area contributed by atoms with Crippen LogP contribution in [0.5, 0.6) is 0 Å². The monoisotopic (exact) mass is 394 g/mol. The lowest BCUT2D eigenvalue weighted by Crippen LogP contribution is -2.33. The minimum Gasteiger partial charge on any atom is -0.299 e. The van der Waals surface area contributed by atoms with Crippen molar-refractivity contribution in [2.24, 2.45) is 5.92 Å². The second kappa shape index (κ2) is 9.56. The number of carbonyl (C=O) groups is 2. The summed E-state index contributed by atoms with van der Waals surface area (Å²) in [5, 5.41) is 0. The Kier molecular flexibility index (Phi) is 7.12. The van der Waals surface area contributed by atoms with Gasteiger partial charge >= 0.3 is 0 Å². The van der Waals surface area contributed by atoms with E-state index in [1.54, 1.807) is 11.8 Å². The van der Waals surface area contributed by atoms with Gasteiger partial charge in [-0.3, -0.25) is 9.59 Å². The van der Waals surface area contributed by atoms with Gasteiger partial charge in [0.1, 0.15) is 17.5 Å². The summed E-state index contributed by atoms with van der Waals surface area (Å²) < 4.78 is 0. The third-order valence-electron chi connectivity index (χ3n) is 5.71. The van der Waals surface area contributed by atoms with E-state index >= 15 is 0 Å². The lowest BCUT2D eigenvalue weighted by atomic mass is 9.73. The molecule has 2 aromatic carbocycles. The lowest BCUT2D eigenvalue weighted by Gasteiger charge is -2.29. The van der Waals surface area contributed by atoms with Crippen LogP contribution in [0.2, 0.25) is 0 Å². The third-order valence-corrected chi connectivity index (χ3v) is 6.75. The van der Waals surface area contributed by atoms with Crippen LogP contribution >= 0.6 is 11.8 Å². The van der Waals surface area contributed by atoms with E-state index in [9.17, 15) is 9.59 Å². The smallest absolute Gasteiger partial charge is 0.148 e. The largest absolute Gasteiger partial charge is 0.299 e. The number of Topliss-reactive ketones (excluding diaryl/α,β-unsaturated/α-hetero) is 2. The highest BCUT2D eigenvalue weighted by atomic mass is 32.2. The molecule has 3 rings (SSSR count). The molecule has 3 heteroatoms. The predicted molar refractivity (Wildman–Crippen MR) is 117 cm³/mol. The van der Waals surface area contributed by atoms with E-state index in [2.05, 4.69) is 45.0 Å². The summed E-state index contributed by atoms with van der Waals surface area (Å²) in [6, 6.07) is 14.6. The summed E-state index contributed by atoms with van der Waals surface area (Å²) >= 11 is 1.80. The van der Waals surface area contributed by atoms with Crippen LogP contribution < -0.4 is 0 Å². The molecule has 0 N–H and O–H groups in total. The fraction of sp³-hybridized carbons (Fsp3) is 0.440. The van der Waals surface area contributed by atoms with Crippen molar-refractivity contribution in [1.29, 1.82) is 0 Å². The lowest BCUT2D eigenvalue weighted by molar-refractivity contribution is -0.133. The van der Waals surface area contributed by atoms with Crippen LogP contribution in [0, 0.1) is 12.8 Å². The Morgan fingerprint density at radius 2 is 1.50 bits per heavy atom. The van der Waals surface area contributed by atoms with Crippen LogP contribution in [-0.2, 0) is 22.4 Å². The van der Waals surface area contributed by atoms with Crippen molar-refractivity contribution in [3.8, 4) is 0 Å². The van der Waals surface area contributed by atoms with Gasteiger partial charge in [-0.25, -0.2) is 0 Å². The number of benzene rings is 2. The molecule has 0 unspecified atom stereocenters. The Bertz CT molecular complexity index is 798. The van der Waals surface area contributed by atoms with Crippen molar-refractivity contribution in [2.75, 3.05) is 5.75 Å². The van der Waals surface area contributed by atoms with Crippen molar-refractivity contribution in [2.45, 2.75) is 63.7 Å². The highest BCUT2D eigenvalue weighted by Gasteiger charge is 2.38. The number of ketones is 2. The first-order valence-electron chi connectivity index (χ1n) is 10.4. The molecule has 1 saturated carbocycles. The van der Waals surface area contributed by atoms with Gasteiger partial charge in [-0.05, 0) is 66.7 Å². The Balaban J connectivity index is 1.71. The van der Waals surface area contributed by atoms with Gasteiger partial charge in [0.2, 0.25) is 0 Å².